The fourth-order valence-electron chi connectivity index (χ4n) is 1.61. The molecule has 3 aromatic rings. The summed E-state index contributed by atoms with van der Waals surface area (Å²) in [5.41, 5.74) is 0.417. The molecule has 0 spiro atoms. The van der Waals surface area contributed by atoms with Gasteiger partial charge in [-0.15, -0.1) is 21.5 Å². The maximum atomic E-state index is 12.1. The van der Waals surface area contributed by atoms with Crippen LogP contribution in [0.2, 0.25) is 0 Å². The van der Waals surface area contributed by atoms with Crippen molar-refractivity contribution >= 4 is 57.7 Å². The van der Waals surface area contributed by atoms with Crippen LogP contribution in [0.15, 0.2) is 40.2 Å². The van der Waals surface area contributed by atoms with Gasteiger partial charge < -0.3 is 4.98 Å². The number of aromatic nitrogens is 3. The molecule has 9 heteroatoms. The Morgan fingerprint density at radius 3 is 3.05 bits per heavy atom. The highest BCUT2D eigenvalue weighted by Crippen LogP contribution is 2.29. The molecule has 1 amide bonds. The lowest BCUT2D eigenvalue weighted by molar-refractivity contribution is 0.102. The molecule has 5 nitrogen and oxygen atoms in total. The number of pyridine rings is 1. The van der Waals surface area contributed by atoms with Gasteiger partial charge in [0.1, 0.15) is 4.64 Å². The van der Waals surface area contributed by atoms with Crippen LogP contribution in [0.1, 0.15) is 15.2 Å². The van der Waals surface area contributed by atoms with Crippen LogP contribution in [-0.4, -0.2) is 21.1 Å². The number of hydrogen-bond acceptors (Lipinski definition) is 7. The number of H-pyrrole nitrogens is 1. The zero-order valence-electron chi connectivity index (χ0n) is 11.1. The Morgan fingerprint density at radius 1 is 1.36 bits per heavy atom. The van der Waals surface area contributed by atoms with Gasteiger partial charge in [0.05, 0.1) is 5.56 Å². The van der Waals surface area contributed by atoms with E-state index in [9.17, 15) is 4.79 Å². The minimum Gasteiger partial charge on any atom is -0.352 e. The lowest BCUT2D eigenvalue weighted by atomic mass is 10.3. The zero-order chi connectivity index (χ0) is 15.4. The fourth-order valence-corrected chi connectivity index (χ4v) is 4.36. The second-order valence-electron chi connectivity index (χ2n) is 4.11. The van der Waals surface area contributed by atoms with Crippen LogP contribution < -0.4 is 5.32 Å². The summed E-state index contributed by atoms with van der Waals surface area (Å²) >= 11 is 9.75. The molecule has 0 radical (unpaired) electrons. The average molecular weight is 367 g/mol. The Balaban J connectivity index is 1.63. The summed E-state index contributed by atoms with van der Waals surface area (Å²) in [5, 5.41) is 13.3. The van der Waals surface area contributed by atoms with Crippen molar-refractivity contribution in [2.24, 2.45) is 0 Å². The van der Waals surface area contributed by atoms with Crippen LogP contribution in [0.3, 0.4) is 0 Å². The van der Waals surface area contributed by atoms with Gasteiger partial charge in [-0.2, -0.15) is 0 Å². The van der Waals surface area contributed by atoms with E-state index in [1.165, 1.54) is 16.2 Å². The number of nitrogens with zero attached hydrogens (tertiary/aromatic N) is 2. The van der Waals surface area contributed by atoms with Crippen molar-refractivity contribution in [1.29, 1.82) is 0 Å². The van der Waals surface area contributed by atoms with Gasteiger partial charge >= 0.3 is 0 Å². The van der Waals surface area contributed by atoms with E-state index in [1.807, 2.05) is 11.4 Å². The third kappa shape index (κ3) is 3.80. The van der Waals surface area contributed by atoms with Crippen molar-refractivity contribution in [2.75, 3.05) is 5.32 Å². The average Bonchev–Trinajstić information content (AvgIpc) is 3.17. The second-order valence-corrected chi connectivity index (χ2v) is 7.75. The van der Waals surface area contributed by atoms with Gasteiger partial charge in [-0.1, -0.05) is 41.4 Å². The van der Waals surface area contributed by atoms with E-state index in [0.29, 0.717) is 15.3 Å². The number of carbonyl (C=O) groups is 1. The van der Waals surface area contributed by atoms with Gasteiger partial charge in [-0.25, -0.2) is 0 Å². The summed E-state index contributed by atoms with van der Waals surface area (Å²) in [6, 6.07) is 7.50. The standard InChI is InChI=1S/C13H10N4OS4/c18-10(9-4-1-5-14-11(9)19)15-12-16-17-13(22-12)21-7-8-3-2-6-20-8/h1-6H,7H2,(H,14,19)(H,15,16,18). The van der Waals surface area contributed by atoms with Crippen LogP contribution in [0, 0.1) is 4.64 Å². The number of aromatic amines is 1. The lowest BCUT2D eigenvalue weighted by Crippen LogP contribution is -2.12. The maximum absolute atomic E-state index is 12.1. The predicted octanol–water partition coefficient (Wildman–Crippen LogP) is 4.20. The van der Waals surface area contributed by atoms with Crippen LogP contribution in [0.4, 0.5) is 5.13 Å². The molecule has 3 aromatic heterocycles. The smallest absolute Gasteiger partial charge is 0.260 e. The number of anilines is 1. The van der Waals surface area contributed by atoms with Crippen molar-refractivity contribution in [1.82, 2.24) is 15.2 Å². The minimum atomic E-state index is -0.284. The molecule has 0 aliphatic carbocycles. The molecular formula is C13H10N4OS4. The second kappa shape index (κ2) is 7.14. The molecule has 0 saturated heterocycles. The molecule has 0 aromatic carbocycles. The van der Waals surface area contributed by atoms with E-state index in [2.05, 4.69) is 26.6 Å². The topological polar surface area (TPSA) is 70.7 Å². The first kappa shape index (κ1) is 15.3. The van der Waals surface area contributed by atoms with Crippen molar-refractivity contribution in [2.45, 2.75) is 10.1 Å². The van der Waals surface area contributed by atoms with E-state index >= 15 is 0 Å². The molecule has 0 fully saturated rings. The van der Waals surface area contributed by atoms with E-state index in [1.54, 1.807) is 41.4 Å². The number of rotatable bonds is 5. The lowest BCUT2D eigenvalue weighted by Gasteiger charge is -2.00. The first-order valence-electron chi connectivity index (χ1n) is 6.20. The maximum Gasteiger partial charge on any atom is 0.260 e. The highest BCUT2D eigenvalue weighted by molar-refractivity contribution is 8.00. The SMILES string of the molecule is O=C(Nc1nnc(SCc2cccs2)s1)c1ccc[nH]c1=S. The molecular weight excluding hydrogens is 356 g/mol. The van der Waals surface area contributed by atoms with Gasteiger partial charge in [0.25, 0.3) is 5.91 Å². The number of amides is 1. The first-order chi connectivity index (χ1) is 10.7. The third-order valence-electron chi connectivity index (χ3n) is 2.61. The van der Waals surface area contributed by atoms with Crippen molar-refractivity contribution < 1.29 is 4.79 Å². The molecule has 0 saturated carbocycles. The molecule has 0 aliphatic rings. The first-order valence-corrected chi connectivity index (χ1v) is 9.29. The highest BCUT2D eigenvalue weighted by atomic mass is 32.2. The van der Waals surface area contributed by atoms with Gasteiger partial charge in [0.2, 0.25) is 5.13 Å². The number of nitrogens with one attached hydrogen (secondary N) is 2. The van der Waals surface area contributed by atoms with E-state index in [0.717, 1.165) is 10.1 Å². The summed E-state index contributed by atoms with van der Waals surface area (Å²) in [6.45, 7) is 0. The fraction of sp³-hybridized carbons (Fsp3) is 0.0769. The number of thiophene rings is 1. The molecule has 112 valence electrons. The third-order valence-corrected chi connectivity index (χ3v) is 6.03. The molecule has 3 heterocycles. The Bertz CT molecular complexity index is 824. The highest BCUT2D eigenvalue weighted by Gasteiger charge is 2.12. The van der Waals surface area contributed by atoms with E-state index in [4.69, 9.17) is 12.2 Å². The molecule has 0 atom stereocenters. The van der Waals surface area contributed by atoms with Gasteiger partial charge in [0.15, 0.2) is 4.34 Å². The molecule has 0 aliphatic heterocycles. The summed E-state index contributed by atoms with van der Waals surface area (Å²) in [4.78, 5) is 16.2. The number of thioether (sulfide) groups is 1. The number of carbonyl (C=O) groups excluding carboxylic acids is 1. The van der Waals surface area contributed by atoms with Crippen molar-refractivity contribution in [3.05, 3.63) is 50.9 Å². The monoisotopic (exact) mass is 366 g/mol. The quantitative estimate of drug-likeness (QED) is 0.402. The molecule has 3 rings (SSSR count). The van der Waals surface area contributed by atoms with Crippen LogP contribution >= 0.6 is 46.7 Å². The van der Waals surface area contributed by atoms with Crippen LogP contribution in [0.5, 0.6) is 0 Å². The summed E-state index contributed by atoms with van der Waals surface area (Å²) in [7, 11) is 0. The zero-order valence-corrected chi connectivity index (χ0v) is 14.4. The Hall–Kier alpha value is -1.55. The van der Waals surface area contributed by atoms with Crippen LogP contribution in [-0.2, 0) is 5.75 Å². The van der Waals surface area contributed by atoms with Gasteiger partial charge in [-0.3, -0.25) is 10.1 Å². The summed E-state index contributed by atoms with van der Waals surface area (Å²) in [5.74, 6) is 0.567. The number of hydrogen-bond donors (Lipinski definition) is 2. The summed E-state index contributed by atoms with van der Waals surface area (Å²) < 4.78 is 1.22. The van der Waals surface area contributed by atoms with E-state index < -0.39 is 0 Å². The Labute approximate surface area is 143 Å². The summed E-state index contributed by atoms with van der Waals surface area (Å²) in [6.07, 6.45) is 1.68. The van der Waals surface area contributed by atoms with Crippen molar-refractivity contribution in [3.63, 3.8) is 0 Å². The van der Waals surface area contributed by atoms with Gasteiger partial charge in [0, 0.05) is 16.8 Å². The van der Waals surface area contributed by atoms with Gasteiger partial charge in [-0.05, 0) is 23.6 Å². The minimum absolute atomic E-state index is 0.284. The molecule has 0 unspecified atom stereocenters. The molecule has 22 heavy (non-hydrogen) atoms. The predicted molar refractivity (Wildman–Crippen MR) is 93.4 cm³/mol. The largest absolute Gasteiger partial charge is 0.352 e. The Morgan fingerprint density at radius 2 is 2.27 bits per heavy atom. The van der Waals surface area contributed by atoms with E-state index in [-0.39, 0.29) is 5.91 Å². The normalized spacial score (nSPS) is 10.5. The molecule has 0 bridgehead atoms. The van der Waals surface area contributed by atoms with Crippen molar-refractivity contribution in [3.8, 4) is 0 Å². The van der Waals surface area contributed by atoms with Crippen LogP contribution in [0.25, 0.3) is 0 Å². The molecule has 2 N–H and O–H groups in total. The Kier molecular flexibility index (Phi) is 4.98.